The van der Waals surface area contributed by atoms with E-state index in [9.17, 15) is 72.5 Å². The first-order valence-electron chi connectivity index (χ1n) is 24.5. The van der Waals surface area contributed by atoms with Crippen LogP contribution in [-0.2, 0) is 57.0 Å². The summed E-state index contributed by atoms with van der Waals surface area (Å²) in [5.74, 6) is -8.87. The van der Waals surface area contributed by atoms with Gasteiger partial charge < -0.3 is 78.9 Å². The van der Waals surface area contributed by atoms with Gasteiger partial charge in [0.15, 0.2) is 0 Å². The van der Waals surface area contributed by atoms with Gasteiger partial charge >= 0.3 is 19.8 Å². The van der Waals surface area contributed by atoms with Gasteiger partial charge in [-0.05, 0) is 96.5 Å². The highest BCUT2D eigenvalue weighted by atomic mass is 32.2. The van der Waals surface area contributed by atoms with E-state index in [4.69, 9.17) is 17.2 Å². The summed E-state index contributed by atoms with van der Waals surface area (Å²) in [4.78, 5) is 155. The van der Waals surface area contributed by atoms with Crippen LogP contribution in [-0.4, -0.2) is 195 Å². The van der Waals surface area contributed by atoms with Crippen LogP contribution in [0.1, 0.15) is 92.4 Å². The molecule has 10 atom stereocenters. The van der Waals surface area contributed by atoms with E-state index in [0.717, 1.165) is 4.90 Å². The van der Waals surface area contributed by atoms with Gasteiger partial charge in [0.1, 0.15) is 54.4 Å². The Morgan fingerprint density at radius 2 is 1.21 bits per heavy atom. The van der Waals surface area contributed by atoms with Crippen LogP contribution >= 0.6 is 19.6 Å². The van der Waals surface area contributed by atoms with Crippen LogP contribution in [0.5, 0.6) is 0 Å². The third-order valence-electron chi connectivity index (χ3n) is 11.5. The van der Waals surface area contributed by atoms with Crippen LogP contribution < -0.4 is 70.5 Å². The number of unbranched alkanes of at least 4 members (excludes halogenated alkanes) is 1. The van der Waals surface area contributed by atoms with Crippen LogP contribution in [0.3, 0.4) is 0 Å². The van der Waals surface area contributed by atoms with E-state index < -0.39 is 141 Å². The number of carboxylic acid groups (broad SMARTS) is 1. The predicted molar refractivity (Wildman–Crippen MR) is 270 cm³/mol. The van der Waals surface area contributed by atoms with E-state index in [-0.39, 0.29) is 50.7 Å². The molecule has 32 heteroatoms. The standard InChI is InChI=1S/C43H79N14O16PS/c1-22(2)19-29(42(68)69)54-33(59)24(4)50-40(66)32-13-10-17-57(32)41(67)25(5)51-39(65)31(21-73-74(70,71)72)56-38(64)30(20-58)55-34(60)23(3)49-36(62)27(11-7-8-15-44)53-37(63)28(12-9-16-48-43(46)47)52-35(61)26(45)14-18-75-6/h22-32,58H,7-21,44-45H2,1-6H3,(H,49,62)(H,50,66)(H,51,65)(H,52,61)(H,53,63)(H,54,59)(H,55,60)(H,56,64)(H,68,69)(H4,46,47,48)(H2,70,71,72)/p+2/t23-,24-,25-,26-,27-,28-,29-,30-,31-,32-/m0/s1. The molecule has 428 valence electrons. The number of phosphoric ester groups is 1. The van der Waals surface area contributed by atoms with Crippen molar-refractivity contribution in [2.75, 3.05) is 44.9 Å². The summed E-state index contributed by atoms with van der Waals surface area (Å²) in [6.45, 7) is 5.79. The van der Waals surface area contributed by atoms with Crippen molar-refractivity contribution in [3.05, 3.63) is 0 Å². The predicted octanol–water partition coefficient (Wildman–Crippen LogP) is -8.23. The van der Waals surface area contributed by atoms with E-state index in [0.29, 0.717) is 44.4 Å². The van der Waals surface area contributed by atoms with Crippen molar-refractivity contribution in [3.8, 4) is 0 Å². The number of hydrogen-bond acceptors (Lipinski definition) is 15. The van der Waals surface area contributed by atoms with E-state index in [1.165, 1.54) is 32.5 Å². The Morgan fingerprint density at radius 1 is 0.707 bits per heavy atom. The molecule has 0 aromatic carbocycles. The number of rotatable bonds is 35. The average molecular weight is 1110 g/mol. The van der Waals surface area contributed by atoms with Crippen molar-refractivity contribution >= 4 is 84.7 Å². The number of quaternary nitrogens is 1. The van der Waals surface area contributed by atoms with Crippen LogP contribution in [0.2, 0.25) is 0 Å². The minimum absolute atomic E-state index is 0.0371. The van der Waals surface area contributed by atoms with Gasteiger partial charge in [0.2, 0.25) is 53.2 Å². The zero-order valence-corrected chi connectivity index (χ0v) is 45.1. The minimum Gasteiger partial charge on any atom is -0.480 e. The molecule has 1 saturated heterocycles. The Balaban J connectivity index is 3.16. The molecule has 1 aliphatic rings. The van der Waals surface area contributed by atoms with Crippen molar-refractivity contribution in [1.29, 1.82) is 0 Å². The number of aliphatic hydroxyl groups excluding tert-OH is 1. The summed E-state index contributed by atoms with van der Waals surface area (Å²) in [6, 6.07) is -13.6. The number of aliphatic hydroxyl groups is 1. The Labute approximate surface area is 439 Å². The normalized spacial score (nSPS) is 17.0. The smallest absolute Gasteiger partial charge is 0.469 e. The molecule has 0 spiro atoms. The molecule has 0 aliphatic carbocycles. The maximum atomic E-state index is 13.7. The molecular formula is C43H81N14O16PS+2. The van der Waals surface area contributed by atoms with Gasteiger partial charge in [0.25, 0.3) is 0 Å². The van der Waals surface area contributed by atoms with Gasteiger partial charge in [-0.2, -0.15) is 11.8 Å². The average Bonchev–Trinajstić information content (AvgIpc) is 3.83. The fourth-order valence-electron chi connectivity index (χ4n) is 7.32. The Bertz CT molecular complexity index is 2030. The molecule has 1 rings (SSSR count). The lowest BCUT2D eigenvalue weighted by atomic mass is 10.0. The van der Waals surface area contributed by atoms with Crippen LogP contribution in [0.15, 0.2) is 0 Å². The first-order valence-corrected chi connectivity index (χ1v) is 27.4. The number of hydrogen-bond donors (Lipinski definition) is 17. The number of aliphatic carboxylic acids is 1. The number of carboxylic acids is 1. The highest BCUT2D eigenvalue weighted by molar-refractivity contribution is 7.98. The molecular weight excluding hydrogens is 1030 g/mol. The quantitative estimate of drug-likeness (QED) is 0.0121. The lowest BCUT2D eigenvalue weighted by molar-refractivity contribution is -0.459. The lowest BCUT2D eigenvalue weighted by Gasteiger charge is -2.29. The summed E-state index contributed by atoms with van der Waals surface area (Å²) in [5.41, 5.74) is 20.8. The summed E-state index contributed by atoms with van der Waals surface area (Å²) >= 11 is 1.48. The number of thioether (sulfide) groups is 1. The van der Waals surface area contributed by atoms with Gasteiger partial charge in [-0.1, -0.05) is 13.8 Å². The number of guanidine groups is 1. The summed E-state index contributed by atoms with van der Waals surface area (Å²) < 4.78 is 16.1. The molecule has 0 unspecified atom stereocenters. The van der Waals surface area contributed by atoms with Crippen molar-refractivity contribution in [1.82, 2.24) is 47.4 Å². The van der Waals surface area contributed by atoms with E-state index >= 15 is 0 Å². The fraction of sp³-hybridized carbons (Fsp3) is 0.744. The zero-order chi connectivity index (χ0) is 57.2. The van der Waals surface area contributed by atoms with Crippen molar-refractivity contribution in [3.63, 3.8) is 0 Å². The summed E-state index contributed by atoms with van der Waals surface area (Å²) in [6.07, 6.45) is 4.21. The third kappa shape index (κ3) is 25.6. The van der Waals surface area contributed by atoms with Gasteiger partial charge in [0.05, 0.1) is 32.3 Å². The maximum absolute atomic E-state index is 13.7. The number of phosphoric acid groups is 1. The molecule has 75 heavy (non-hydrogen) atoms. The number of likely N-dealkylation sites (tertiary alicyclic amines) is 1. The number of carbonyl (C=O) groups excluding carboxylic acids is 9. The number of amides is 9. The molecule has 0 saturated carbocycles. The van der Waals surface area contributed by atoms with Crippen LogP contribution in [0.4, 0.5) is 0 Å². The minimum atomic E-state index is -5.30. The van der Waals surface area contributed by atoms with Crippen molar-refractivity contribution in [2.24, 2.45) is 23.1 Å². The van der Waals surface area contributed by atoms with Gasteiger partial charge in [-0.15, -0.1) is 0 Å². The zero-order valence-electron chi connectivity index (χ0n) is 43.4. The number of nitrogens with two attached hydrogens (primary N) is 3. The molecule has 1 fully saturated rings. The highest BCUT2D eigenvalue weighted by Gasteiger charge is 2.39. The second kappa shape index (κ2) is 34.1. The largest absolute Gasteiger partial charge is 0.480 e. The molecule has 22 N–H and O–H groups in total. The first kappa shape index (κ1) is 67.3. The molecule has 0 aromatic heterocycles. The first-order chi connectivity index (χ1) is 35.1. The Morgan fingerprint density at radius 3 is 1.76 bits per heavy atom. The maximum Gasteiger partial charge on any atom is 0.469 e. The SMILES string of the molecule is CSCC[C@H](N)C(=O)N[C@@H](CCC[NH+]=C(N)N)C(=O)N[C@@H](CCCC[NH3+])C(=O)N[C@@H](C)C(=O)N[C@@H](CO)C(=O)N[C@@H](COP(=O)(O)O)C(=O)N[C@@H](C)C(=O)N1CCC[C@H]1C(=O)N[C@@H](C)C(=O)N[C@@H](CC(C)C)C(=O)O. The molecule has 1 heterocycles. The molecule has 0 radical (unpaired) electrons. The van der Waals surface area contributed by atoms with Gasteiger partial charge in [-0.3, -0.25) is 64.1 Å². The van der Waals surface area contributed by atoms with Crippen LogP contribution in [0, 0.1) is 5.92 Å². The second-order valence-corrected chi connectivity index (χ2v) is 20.6. The van der Waals surface area contributed by atoms with E-state index in [2.05, 4.69) is 57.8 Å². The van der Waals surface area contributed by atoms with E-state index in [1.807, 2.05) is 6.26 Å². The number of nitrogens with one attached hydrogen (secondary N) is 9. The fourth-order valence-corrected chi connectivity index (χ4v) is 8.15. The Hall–Kier alpha value is -5.69. The summed E-state index contributed by atoms with van der Waals surface area (Å²) in [5, 5.41) is 38.8. The van der Waals surface area contributed by atoms with Gasteiger partial charge in [-0.25, -0.2) is 9.36 Å². The molecule has 9 amide bonds. The number of carbonyl (C=O) groups is 10. The second-order valence-electron chi connectivity index (χ2n) is 18.4. The Kier molecular flexibility index (Phi) is 30.6. The monoisotopic (exact) mass is 1110 g/mol. The van der Waals surface area contributed by atoms with E-state index in [1.54, 1.807) is 13.8 Å². The highest BCUT2D eigenvalue weighted by Crippen LogP contribution is 2.35. The molecule has 0 aromatic rings. The number of nitrogens with zero attached hydrogens (tertiary/aromatic N) is 1. The summed E-state index contributed by atoms with van der Waals surface area (Å²) in [7, 11) is -5.30. The third-order valence-corrected chi connectivity index (χ3v) is 12.6. The van der Waals surface area contributed by atoms with Crippen LogP contribution in [0.25, 0.3) is 0 Å². The lowest BCUT2D eigenvalue weighted by Crippen LogP contribution is -2.78. The van der Waals surface area contributed by atoms with Gasteiger partial charge in [0, 0.05) is 6.54 Å². The molecule has 30 nitrogen and oxygen atoms in total. The molecule has 0 bridgehead atoms. The van der Waals surface area contributed by atoms with Crippen molar-refractivity contribution < 1.29 is 87.8 Å². The molecule has 1 aliphatic heterocycles. The van der Waals surface area contributed by atoms with Crippen molar-refractivity contribution in [2.45, 2.75) is 153 Å². The topological polar surface area (TPSA) is 497 Å².